The zero-order valence-corrected chi connectivity index (χ0v) is 12.5. The van der Waals surface area contributed by atoms with E-state index in [0.717, 1.165) is 38.5 Å². The van der Waals surface area contributed by atoms with Crippen molar-refractivity contribution in [3.63, 3.8) is 0 Å². The first kappa shape index (κ1) is 20.7. The molecule has 112 valence electrons. The van der Waals surface area contributed by atoms with Gasteiger partial charge < -0.3 is 21.7 Å². The summed E-state index contributed by atoms with van der Waals surface area (Å²) in [4.78, 5) is 0. The minimum Gasteiger partial charge on any atom is -0.392 e. The Labute approximate surface area is 122 Å². The zero-order valence-electron chi connectivity index (χ0n) is 10.8. The minimum atomic E-state index is -0.219. The lowest BCUT2D eigenvalue weighted by Gasteiger charge is -2.23. The highest BCUT2D eigenvalue weighted by Crippen LogP contribution is 2.16. The van der Waals surface area contributed by atoms with Crippen molar-refractivity contribution in [2.24, 2.45) is 11.5 Å². The monoisotopic (exact) mass is 302 g/mol. The molecule has 0 heterocycles. The number of rotatable bonds is 0. The van der Waals surface area contributed by atoms with E-state index in [1.165, 1.54) is 12.8 Å². The molecule has 0 aromatic carbocycles. The van der Waals surface area contributed by atoms with Crippen molar-refractivity contribution in [3.8, 4) is 0 Å². The van der Waals surface area contributed by atoms with Crippen molar-refractivity contribution in [2.75, 3.05) is 0 Å². The molecule has 4 atom stereocenters. The molecule has 0 saturated heterocycles. The summed E-state index contributed by atoms with van der Waals surface area (Å²) in [6, 6.07) is 0.118. The van der Waals surface area contributed by atoms with Gasteiger partial charge >= 0.3 is 0 Å². The van der Waals surface area contributed by atoms with Gasteiger partial charge in [-0.15, -0.1) is 24.8 Å². The Morgan fingerprint density at radius 3 is 1.06 bits per heavy atom. The molecule has 0 unspecified atom stereocenters. The smallest absolute Gasteiger partial charge is 0.0691 e. The van der Waals surface area contributed by atoms with Gasteiger partial charge in [-0.25, -0.2) is 0 Å². The van der Waals surface area contributed by atoms with Crippen LogP contribution in [0.15, 0.2) is 0 Å². The SMILES string of the molecule is Cl.Cl.N[C@@H]1CCCC[C@H]1O.N[C@H]1CCCC[C@@H]1O. The van der Waals surface area contributed by atoms with E-state index in [2.05, 4.69) is 0 Å². The minimum absolute atomic E-state index is 0. The average molecular weight is 303 g/mol. The third-order valence-electron chi connectivity index (χ3n) is 3.56. The molecule has 0 amide bonds. The maximum absolute atomic E-state index is 9.05. The molecule has 0 bridgehead atoms. The van der Waals surface area contributed by atoms with Gasteiger partial charge in [0.25, 0.3) is 0 Å². The van der Waals surface area contributed by atoms with Crippen LogP contribution in [0.2, 0.25) is 0 Å². The van der Waals surface area contributed by atoms with Crippen LogP contribution in [0.3, 0.4) is 0 Å². The fraction of sp³-hybridized carbons (Fsp3) is 1.00. The number of nitrogens with two attached hydrogens (primary N) is 2. The maximum Gasteiger partial charge on any atom is 0.0691 e. The van der Waals surface area contributed by atoms with Gasteiger partial charge in [0.1, 0.15) is 0 Å². The van der Waals surface area contributed by atoms with Crippen molar-refractivity contribution in [1.29, 1.82) is 0 Å². The summed E-state index contributed by atoms with van der Waals surface area (Å²) in [6.45, 7) is 0. The van der Waals surface area contributed by atoms with E-state index in [-0.39, 0.29) is 49.1 Å². The van der Waals surface area contributed by atoms with Crippen molar-refractivity contribution in [1.82, 2.24) is 0 Å². The van der Waals surface area contributed by atoms with Crippen LogP contribution >= 0.6 is 24.8 Å². The predicted molar refractivity (Wildman–Crippen MR) is 79.4 cm³/mol. The Hall–Kier alpha value is 0.420. The van der Waals surface area contributed by atoms with Crippen molar-refractivity contribution in [3.05, 3.63) is 0 Å². The van der Waals surface area contributed by atoms with Crippen molar-refractivity contribution < 1.29 is 10.2 Å². The summed E-state index contributed by atoms with van der Waals surface area (Å²) in [5.74, 6) is 0. The van der Waals surface area contributed by atoms with Gasteiger partial charge in [0, 0.05) is 12.1 Å². The Balaban J connectivity index is 0. The summed E-state index contributed by atoms with van der Waals surface area (Å²) in [5.41, 5.74) is 11.1. The van der Waals surface area contributed by atoms with Crippen LogP contribution in [0, 0.1) is 0 Å². The van der Waals surface area contributed by atoms with Gasteiger partial charge in [-0.05, 0) is 25.7 Å². The number of aliphatic hydroxyl groups excluding tert-OH is 2. The van der Waals surface area contributed by atoms with E-state index < -0.39 is 0 Å². The second-order valence-electron chi connectivity index (χ2n) is 5.03. The van der Waals surface area contributed by atoms with Gasteiger partial charge in [0.05, 0.1) is 12.2 Å². The lowest BCUT2D eigenvalue weighted by Crippen LogP contribution is -2.37. The number of hydrogen-bond acceptors (Lipinski definition) is 4. The third-order valence-corrected chi connectivity index (χ3v) is 3.56. The molecule has 0 aliphatic heterocycles. The van der Waals surface area contributed by atoms with Gasteiger partial charge in [-0.1, -0.05) is 25.7 Å². The molecule has 2 aliphatic rings. The largest absolute Gasteiger partial charge is 0.392 e. The standard InChI is InChI=1S/2C6H13NO.2ClH/c2*7-5-3-1-2-4-6(5)8;;/h2*5-6,8H,1-4,7H2;2*1H/t2*5-,6-;;/m10../s1. The summed E-state index contributed by atoms with van der Waals surface area (Å²) in [7, 11) is 0. The summed E-state index contributed by atoms with van der Waals surface area (Å²) < 4.78 is 0. The van der Waals surface area contributed by atoms with Crippen LogP contribution in [0.25, 0.3) is 0 Å². The highest BCUT2D eigenvalue weighted by Gasteiger charge is 2.18. The Morgan fingerprint density at radius 2 is 0.889 bits per heavy atom. The summed E-state index contributed by atoms with van der Waals surface area (Å²) in [5, 5.41) is 18.1. The molecule has 0 aromatic rings. The van der Waals surface area contributed by atoms with E-state index >= 15 is 0 Å². The van der Waals surface area contributed by atoms with Crippen molar-refractivity contribution >= 4 is 24.8 Å². The van der Waals surface area contributed by atoms with E-state index in [1.807, 2.05) is 0 Å². The molecule has 2 aliphatic carbocycles. The summed E-state index contributed by atoms with van der Waals surface area (Å²) in [6.07, 6.45) is 8.05. The van der Waals surface area contributed by atoms with E-state index in [4.69, 9.17) is 21.7 Å². The van der Waals surface area contributed by atoms with E-state index in [1.54, 1.807) is 0 Å². The van der Waals surface area contributed by atoms with Crippen LogP contribution in [0.1, 0.15) is 51.4 Å². The molecule has 2 fully saturated rings. The second kappa shape index (κ2) is 11.3. The lowest BCUT2D eigenvalue weighted by atomic mass is 9.94. The Kier molecular flexibility index (Phi) is 13.0. The molecular weight excluding hydrogens is 275 g/mol. The molecule has 0 spiro atoms. The molecule has 2 rings (SSSR count). The number of hydrogen-bond donors (Lipinski definition) is 4. The quantitative estimate of drug-likeness (QED) is 0.543. The molecule has 6 N–H and O–H groups in total. The molecule has 18 heavy (non-hydrogen) atoms. The molecule has 6 heteroatoms. The number of halogens is 2. The van der Waals surface area contributed by atoms with Crippen LogP contribution in [0.5, 0.6) is 0 Å². The average Bonchev–Trinajstić information content (AvgIpc) is 2.28. The fourth-order valence-electron chi connectivity index (χ4n) is 2.28. The van der Waals surface area contributed by atoms with Crippen molar-refractivity contribution in [2.45, 2.75) is 75.7 Å². The van der Waals surface area contributed by atoms with Crippen LogP contribution < -0.4 is 11.5 Å². The topological polar surface area (TPSA) is 92.5 Å². The molecule has 0 radical (unpaired) electrons. The fourth-order valence-corrected chi connectivity index (χ4v) is 2.28. The van der Waals surface area contributed by atoms with Crippen LogP contribution in [-0.4, -0.2) is 34.5 Å². The normalized spacial score (nSPS) is 35.3. The molecule has 4 nitrogen and oxygen atoms in total. The Morgan fingerprint density at radius 1 is 0.611 bits per heavy atom. The van der Waals surface area contributed by atoms with Gasteiger partial charge in [-0.3, -0.25) is 0 Å². The molecular formula is C12H28Cl2N2O2. The maximum atomic E-state index is 9.05. The summed E-state index contributed by atoms with van der Waals surface area (Å²) >= 11 is 0. The van der Waals surface area contributed by atoms with Gasteiger partial charge in [-0.2, -0.15) is 0 Å². The lowest BCUT2D eigenvalue weighted by molar-refractivity contribution is 0.108. The second-order valence-corrected chi connectivity index (χ2v) is 5.03. The molecule has 2 saturated carbocycles. The van der Waals surface area contributed by atoms with E-state index in [9.17, 15) is 0 Å². The third kappa shape index (κ3) is 7.77. The van der Waals surface area contributed by atoms with Gasteiger partial charge in [0.2, 0.25) is 0 Å². The first-order valence-electron chi connectivity index (χ1n) is 6.48. The predicted octanol–water partition coefficient (Wildman–Crippen LogP) is 1.34. The van der Waals surface area contributed by atoms with Gasteiger partial charge in [0.15, 0.2) is 0 Å². The zero-order chi connectivity index (χ0) is 12.0. The Bertz CT molecular complexity index is 159. The van der Waals surface area contributed by atoms with Crippen LogP contribution in [-0.2, 0) is 0 Å². The first-order chi connectivity index (χ1) is 7.61. The highest BCUT2D eigenvalue weighted by molar-refractivity contribution is 5.85. The highest BCUT2D eigenvalue weighted by atomic mass is 35.5. The molecule has 0 aromatic heterocycles. The first-order valence-corrected chi connectivity index (χ1v) is 6.48. The number of aliphatic hydroxyl groups is 2. The van der Waals surface area contributed by atoms with Crippen LogP contribution in [0.4, 0.5) is 0 Å². The van der Waals surface area contributed by atoms with E-state index in [0.29, 0.717) is 0 Å².